The summed E-state index contributed by atoms with van der Waals surface area (Å²) in [7, 11) is 0. The molecule has 1 heterocycles. The summed E-state index contributed by atoms with van der Waals surface area (Å²) in [6.45, 7) is 1.83. The van der Waals surface area contributed by atoms with Gasteiger partial charge in [-0.05, 0) is 62.2 Å². The van der Waals surface area contributed by atoms with Gasteiger partial charge in [-0.1, -0.05) is 47.5 Å². The van der Waals surface area contributed by atoms with Crippen molar-refractivity contribution in [3.8, 4) is 0 Å². The second-order valence-corrected chi connectivity index (χ2v) is 9.21. The van der Waals surface area contributed by atoms with E-state index >= 15 is 0 Å². The van der Waals surface area contributed by atoms with Crippen molar-refractivity contribution < 1.29 is 9.59 Å². The molecule has 0 spiro atoms. The van der Waals surface area contributed by atoms with E-state index in [1.165, 1.54) is 4.57 Å². The Hall–Kier alpha value is -4.17. The number of halogens is 1. The van der Waals surface area contributed by atoms with Crippen LogP contribution in [0.15, 0.2) is 82.4 Å². The van der Waals surface area contributed by atoms with Crippen LogP contribution in [0.3, 0.4) is 0 Å². The number of nitrogens with zero attached hydrogens (tertiary/aromatic N) is 2. The molecule has 0 fully saturated rings. The lowest BCUT2D eigenvalue weighted by molar-refractivity contribution is -0.117. The number of aromatic nitrogens is 2. The molecule has 3 aromatic carbocycles. The van der Waals surface area contributed by atoms with Gasteiger partial charge in [0.1, 0.15) is 6.54 Å². The van der Waals surface area contributed by atoms with Crippen LogP contribution in [0.25, 0.3) is 10.9 Å². The van der Waals surface area contributed by atoms with Crippen molar-refractivity contribution in [2.24, 2.45) is 0 Å². The number of rotatable bonds is 9. The van der Waals surface area contributed by atoms with Gasteiger partial charge >= 0.3 is 5.69 Å². The maximum Gasteiger partial charge on any atom is 0.331 e. The van der Waals surface area contributed by atoms with Crippen molar-refractivity contribution in [1.29, 1.82) is 0 Å². The molecular weight excluding hydrogens is 492 g/mol. The van der Waals surface area contributed by atoms with Crippen molar-refractivity contribution >= 4 is 45.7 Å². The molecule has 9 heteroatoms. The standard InChI is InChI=1S/C28H27ClN4O4/c1-19-12-14-21(15-13-19)30-25(34)11-4-5-16-32-27(36)23-9-2-3-10-24(23)33(28(32)37)18-26(35)31-22-8-6-7-20(29)17-22/h2-3,6-10,12-15,17H,4-5,11,16,18H2,1H3,(H,30,34)(H,31,35). The molecule has 0 saturated heterocycles. The first kappa shape index (κ1) is 25.9. The normalized spacial score (nSPS) is 10.9. The van der Waals surface area contributed by atoms with Crippen molar-refractivity contribution in [3.05, 3.63) is 104 Å². The van der Waals surface area contributed by atoms with Crippen LogP contribution in [0.5, 0.6) is 0 Å². The molecule has 0 radical (unpaired) electrons. The highest BCUT2D eigenvalue weighted by molar-refractivity contribution is 6.30. The molecule has 0 saturated carbocycles. The summed E-state index contributed by atoms with van der Waals surface area (Å²) in [6.07, 6.45) is 1.20. The second kappa shape index (κ2) is 11.7. The zero-order chi connectivity index (χ0) is 26.4. The first-order valence-corrected chi connectivity index (χ1v) is 12.3. The fourth-order valence-corrected chi connectivity index (χ4v) is 4.24. The van der Waals surface area contributed by atoms with Gasteiger partial charge in [0.25, 0.3) is 5.56 Å². The molecule has 8 nitrogen and oxygen atoms in total. The van der Waals surface area contributed by atoms with E-state index in [4.69, 9.17) is 11.6 Å². The predicted molar refractivity (Wildman–Crippen MR) is 146 cm³/mol. The van der Waals surface area contributed by atoms with Crippen LogP contribution < -0.4 is 21.9 Å². The van der Waals surface area contributed by atoms with E-state index in [9.17, 15) is 19.2 Å². The summed E-state index contributed by atoms with van der Waals surface area (Å²) in [5.41, 5.74) is 1.72. The smallest absolute Gasteiger partial charge is 0.326 e. The van der Waals surface area contributed by atoms with Crippen molar-refractivity contribution in [3.63, 3.8) is 0 Å². The van der Waals surface area contributed by atoms with Crippen LogP contribution in [0, 0.1) is 6.92 Å². The van der Waals surface area contributed by atoms with Gasteiger partial charge in [-0.2, -0.15) is 0 Å². The zero-order valence-electron chi connectivity index (χ0n) is 20.4. The number of amides is 2. The van der Waals surface area contributed by atoms with Crippen LogP contribution in [0.1, 0.15) is 24.8 Å². The molecule has 0 bridgehead atoms. The maximum atomic E-state index is 13.3. The number of hydrogen-bond donors (Lipinski definition) is 2. The van der Waals surface area contributed by atoms with Crippen molar-refractivity contribution in [2.75, 3.05) is 10.6 Å². The predicted octanol–water partition coefficient (Wildman–Crippen LogP) is 4.57. The summed E-state index contributed by atoms with van der Waals surface area (Å²) in [5, 5.41) is 6.39. The molecule has 190 valence electrons. The van der Waals surface area contributed by atoms with Crippen LogP contribution in [-0.2, 0) is 22.7 Å². The zero-order valence-corrected chi connectivity index (χ0v) is 21.1. The number of hydrogen-bond acceptors (Lipinski definition) is 4. The van der Waals surface area contributed by atoms with Gasteiger partial charge in [0.15, 0.2) is 0 Å². The minimum absolute atomic E-state index is 0.134. The number of carbonyl (C=O) groups is 2. The molecule has 0 aliphatic heterocycles. The Labute approximate surface area is 218 Å². The number of unbranched alkanes of at least 4 members (excludes halogenated alkanes) is 1. The van der Waals surface area contributed by atoms with E-state index in [0.717, 1.165) is 15.8 Å². The summed E-state index contributed by atoms with van der Waals surface area (Å²) in [6, 6.07) is 20.9. The van der Waals surface area contributed by atoms with Gasteiger partial charge in [-0.3, -0.25) is 23.5 Å². The monoisotopic (exact) mass is 518 g/mol. The van der Waals surface area contributed by atoms with E-state index in [0.29, 0.717) is 34.5 Å². The minimum Gasteiger partial charge on any atom is -0.326 e. The van der Waals surface area contributed by atoms with Crippen LogP contribution in [0.4, 0.5) is 11.4 Å². The average molecular weight is 519 g/mol. The Kier molecular flexibility index (Phi) is 8.20. The number of nitrogens with one attached hydrogen (secondary N) is 2. The number of fused-ring (bicyclic) bond motifs is 1. The quantitative estimate of drug-likeness (QED) is 0.317. The lowest BCUT2D eigenvalue weighted by Gasteiger charge is -2.14. The number of anilines is 2. The third kappa shape index (κ3) is 6.54. The van der Waals surface area contributed by atoms with Gasteiger partial charge in [-0.25, -0.2) is 4.79 Å². The molecular formula is C28H27ClN4O4. The first-order valence-electron chi connectivity index (χ1n) is 12.0. The van der Waals surface area contributed by atoms with E-state index in [1.807, 2.05) is 31.2 Å². The van der Waals surface area contributed by atoms with Gasteiger partial charge < -0.3 is 10.6 Å². The fraction of sp³-hybridized carbons (Fsp3) is 0.214. The summed E-state index contributed by atoms with van der Waals surface area (Å²) in [5.74, 6) is -0.558. The highest BCUT2D eigenvalue weighted by atomic mass is 35.5. The SMILES string of the molecule is Cc1ccc(NC(=O)CCCCn2c(=O)c3ccccc3n(CC(=O)Nc3cccc(Cl)c3)c2=O)cc1. The van der Waals surface area contributed by atoms with E-state index in [-0.39, 0.29) is 25.4 Å². The summed E-state index contributed by atoms with van der Waals surface area (Å²) >= 11 is 5.99. The Balaban J connectivity index is 1.46. The molecule has 0 aliphatic rings. The van der Waals surface area contributed by atoms with Gasteiger partial charge in [0, 0.05) is 29.4 Å². The largest absolute Gasteiger partial charge is 0.331 e. The highest BCUT2D eigenvalue weighted by Gasteiger charge is 2.15. The average Bonchev–Trinajstić information content (AvgIpc) is 2.87. The Morgan fingerprint density at radius 2 is 1.54 bits per heavy atom. The van der Waals surface area contributed by atoms with Crippen LogP contribution in [-0.4, -0.2) is 20.9 Å². The number of carbonyl (C=O) groups excluding carboxylic acids is 2. The highest BCUT2D eigenvalue weighted by Crippen LogP contribution is 2.15. The Morgan fingerprint density at radius 3 is 2.30 bits per heavy atom. The fourth-order valence-electron chi connectivity index (χ4n) is 4.05. The van der Waals surface area contributed by atoms with E-state index in [1.54, 1.807) is 48.5 Å². The summed E-state index contributed by atoms with van der Waals surface area (Å²) < 4.78 is 2.42. The Bertz CT molecular complexity index is 1560. The molecule has 4 rings (SSSR count). The third-order valence-electron chi connectivity index (χ3n) is 5.91. The number of benzene rings is 3. The molecule has 1 aromatic heterocycles. The third-order valence-corrected chi connectivity index (χ3v) is 6.15. The van der Waals surface area contributed by atoms with Gasteiger partial charge in [-0.15, -0.1) is 0 Å². The lowest BCUT2D eigenvalue weighted by Crippen LogP contribution is -2.41. The van der Waals surface area contributed by atoms with Crippen LogP contribution in [0.2, 0.25) is 5.02 Å². The van der Waals surface area contributed by atoms with Crippen LogP contribution >= 0.6 is 11.6 Å². The molecule has 2 N–H and O–H groups in total. The Morgan fingerprint density at radius 1 is 0.811 bits per heavy atom. The van der Waals surface area contributed by atoms with E-state index in [2.05, 4.69) is 10.6 Å². The number of para-hydroxylation sites is 1. The lowest BCUT2D eigenvalue weighted by atomic mass is 10.2. The van der Waals surface area contributed by atoms with Crippen molar-refractivity contribution in [1.82, 2.24) is 9.13 Å². The second-order valence-electron chi connectivity index (χ2n) is 8.77. The summed E-state index contributed by atoms with van der Waals surface area (Å²) in [4.78, 5) is 51.4. The molecule has 2 amide bonds. The van der Waals surface area contributed by atoms with Gasteiger partial charge in [0.2, 0.25) is 11.8 Å². The first-order chi connectivity index (χ1) is 17.8. The minimum atomic E-state index is -0.575. The molecule has 0 unspecified atom stereocenters. The van der Waals surface area contributed by atoms with Crippen molar-refractivity contribution in [2.45, 2.75) is 39.3 Å². The molecule has 0 aliphatic carbocycles. The topological polar surface area (TPSA) is 102 Å². The molecule has 0 atom stereocenters. The van der Waals surface area contributed by atoms with E-state index < -0.39 is 17.2 Å². The molecule has 37 heavy (non-hydrogen) atoms. The van der Waals surface area contributed by atoms with Gasteiger partial charge in [0.05, 0.1) is 10.9 Å². The maximum absolute atomic E-state index is 13.3. The number of aryl methyl sites for hydroxylation is 1. The molecule has 4 aromatic rings.